The van der Waals surface area contributed by atoms with E-state index in [4.69, 9.17) is 0 Å². The second-order valence-corrected chi connectivity index (χ2v) is 4.71. The third-order valence-electron chi connectivity index (χ3n) is 3.44. The molecule has 0 saturated heterocycles. The van der Waals surface area contributed by atoms with E-state index < -0.39 is 17.5 Å². The van der Waals surface area contributed by atoms with Crippen molar-refractivity contribution >= 4 is 5.97 Å². The quantitative estimate of drug-likeness (QED) is 0.826. The average Bonchev–Trinajstić information content (AvgIpc) is 2.29. The van der Waals surface area contributed by atoms with Crippen LogP contribution in [0.1, 0.15) is 32.8 Å². The van der Waals surface area contributed by atoms with E-state index in [2.05, 4.69) is 0 Å². The van der Waals surface area contributed by atoms with Crippen molar-refractivity contribution in [3.8, 4) is 0 Å². The minimum atomic E-state index is -1.34. The standard InChI is InChI=1S/C14H20O3/c1-4-10(2)12(13(15)16)14(3,17)11-8-6-5-7-9-11/h5-10,12,17H,4H2,1-3H3,(H,15,16). The maximum atomic E-state index is 11.4. The number of aliphatic carboxylic acids is 1. The predicted molar refractivity (Wildman–Crippen MR) is 66.6 cm³/mol. The highest BCUT2D eigenvalue weighted by Crippen LogP contribution is 2.35. The highest BCUT2D eigenvalue weighted by Gasteiger charge is 2.41. The highest BCUT2D eigenvalue weighted by atomic mass is 16.4. The lowest BCUT2D eigenvalue weighted by Crippen LogP contribution is -2.41. The van der Waals surface area contributed by atoms with Crippen molar-refractivity contribution in [1.29, 1.82) is 0 Å². The Bertz CT molecular complexity index is 370. The van der Waals surface area contributed by atoms with Gasteiger partial charge >= 0.3 is 5.97 Å². The molecule has 0 spiro atoms. The van der Waals surface area contributed by atoms with Gasteiger partial charge in [0.15, 0.2) is 0 Å². The van der Waals surface area contributed by atoms with Gasteiger partial charge in [-0.2, -0.15) is 0 Å². The molecule has 94 valence electrons. The van der Waals surface area contributed by atoms with Crippen LogP contribution in [0.5, 0.6) is 0 Å². The van der Waals surface area contributed by atoms with Crippen LogP contribution in [0.3, 0.4) is 0 Å². The number of rotatable bonds is 5. The molecule has 1 rings (SSSR count). The normalized spacial score (nSPS) is 18.1. The summed E-state index contributed by atoms with van der Waals surface area (Å²) in [5.41, 5.74) is -0.699. The zero-order valence-corrected chi connectivity index (χ0v) is 10.6. The maximum Gasteiger partial charge on any atom is 0.310 e. The van der Waals surface area contributed by atoms with Crippen molar-refractivity contribution in [1.82, 2.24) is 0 Å². The summed E-state index contributed by atoms with van der Waals surface area (Å²) in [5, 5.41) is 19.8. The highest BCUT2D eigenvalue weighted by molar-refractivity contribution is 5.72. The van der Waals surface area contributed by atoms with Crippen LogP contribution in [0.2, 0.25) is 0 Å². The molecule has 1 aromatic carbocycles. The van der Waals surface area contributed by atoms with Crippen LogP contribution < -0.4 is 0 Å². The molecule has 0 saturated carbocycles. The van der Waals surface area contributed by atoms with Crippen molar-refractivity contribution < 1.29 is 15.0 Å². The minimum Gasteiger partial charge on any atom is -0.481 e. The Kier molecular flexibility index (Phi) is 4.29. The van der Waals surface area contributed by atoms with Crippen LogP contribution in [-0.4, -0.2) is 16.2 Å². The fourth-order valence-electron chi connectivity index (χ4n) is 2.23. The Hall–Kier alpha value is -1.35. The van der Waals surface area contributed by atoms with Gasteiger partial charge in [-0.15, -0.1) is 0 Å². The fraction of sp³-hybridized carbons (Fsp3) is 0.500. The molecule has 0 radical (unpaired) electrons. The second-order valence-electron chi connectivity index (χ2n) is 4.71. The largest absolute Gasteiger partial charge is 0.481 e. The first-order chi connectivity index (χ1) is 7.91. The molecule has 3 unspecified atom stereocenters. The summed E-state index contributed by atoms with van der Waals surface area (Å²) in [7, 11) is 0. The monoisotopic (exact) mass is 236 g/mol. The molecule has 3 nitrogen and oxygen atoms in total. The molecule has 3 heteroatoms. The van der Waals surface area contributed by atoms with Gasteiger partial charge in [0.25, 0.3) is 0 Å². The summed E-state index contributed by atoms with van der Waals surface area (Å²) in [6.45, 7) is 5.37. The lowest BCUT2D eigenvalue weighted by atomic mass is 9.75. The van der Waals surface area contributed by atoms with Gasteiger partial charge in [-0.1, -0.05) is 50.6 Å². The first kappa shape index (κ1) is 13.7. The van der Waals surface area contributed by atoms with Crippen molar-refractivity contribution in [3.05, 3.63) is 35.9 Å². The van der Waals surface area contributed by atoms with Gasteiger partial charge in [-0.25, -0.2) is 0 Å². The first-order valence-electron chi connectivity index (χ1n) is 5.92. The van der Waals surface area contributed by atoms with Crippen molar-refractivity contribution in [2.45, 2.75) is 32.8 Å². The predicted octanol–water partition coefficient (Wildman–Crippen LogP) is 2.64. The first-order valence-corrected chi connectivity index (χ1v) is 5.92. The molecule has 0 aliphatic rings. The average molecular weight is 236 g/mol. The number of hydrogen-bond donors (Lipinski definition) is 2. The molecule has 0 aliphatic carbocycles. The van der Waals surface area contributed by atoms with E-state index in [-0.39, 0.29) is 5.92 Å². The van der Waals surface area contributed by atoms with Crippen LogP contribution in [0.25, 0.3) is 0 Å². The van der Waals surface area contributed by atoms with E-state index in [0.29, 0.717) is 5.56 Å². The molecule has 0 fully saturated rings. The number of carboxylic acids is 1. The third-order valence-corrected chi connectivity index (χ3v) is 3.44. The smallest absolute Gasteiger partial charge is 0.310 e. The molecule has 2 N–H and O–H groups in total. The van der Waals surface area contributed by atoms with Crippen LogP contribution in [-0.2, 0) is 10.4 Å². The number of aliphatic hydroxyl groups is 1. The van der Waals surface area contributed by atoms with Gasteiger partial charge in [-0.05, 0) is 18.4 Å². The topological polar surface area (TPSA) is 57.5 Å². The Balaban J connectivity index is 3.13. The number of carboxylic acid groups (broad SMARTS) is 1. The second kappa shape index (κ2) is 5.32. The molecule has 0 aromatic heterocycles. The summed E-state index contributed by atoms with van der Waals surface area (Å²) in [4.78, 5) is 11.4. The molecule has 0 amide bonds. The Morgan fingerprint density at radius 2 is 1.88 bits per heavy atom. The van der Waals surface area contributed by atoms with Crippen LogP contribution in [0, 0.1) is 11.8 Å². The third kappa shape index (κ3) is 2.86. The molecule has 3 atom stereocenters. The van der Waals surface area contributed by atoms with Crippen molar-refractivity contribution in [3.63, 3.8) is 0 Å². The van der Waals surface area contributed by atoms with Crippen molar-refractivity contribution in [2.75, 3.05) is 0 Å². The Labute approximate surface area is 102 Å². The van der Waals surface area contributed by atoms with E-state index in [1.807, 2.05) is 19.9 Å². The molecular weight excluding hydrogens is 216 g/mol. The molecular formula is C14H20O3. The van der Waals surface area contributed by atoms with Crippen LogP contribution in [0.15, 0.2) is 30.3 Å². The summed E-state index contributed by atoms with van der Waals surface area (Å²) in [5.74, 6) is -1.83. The van der Waals surface area contributed by atoms with Crippen LogP contribution >= 0.6 is 0 Å². The number of carbonyl (C=O) groups is 1. The van der Waals surface area contributed by atoms with E-state index >= 15 is 0 Å². The molecule has 17 heavy (non-hydrogen) atoms. The maximum absolute atomic E-state index is 11.4. The van der Waals surface area contributed by atoms with E-state index in [1.54, 1.807) is 31.2 Å². The van der Waals surface area contributed by atoms with Gasteiger partial charge in [-0.3, -0.25) is 4.79 Å². The molecule has 0 bridgehead atoms. The molecule has 1 aromatic rings. The molecule has 0 heterocycles. The Morgan fingerprint density at radius 1 is 1.35 bits per heavy atom. The van der Waals surface area contributed by atoms with E-state index in [1.165, 1.54) is 0 Å². The Morgan fingerprint density at radius 3 is 2.29 bits per heavy atom. The van der Waals surface area contributed by atoms with E-state index in [0.717, 1.165) is 6.42 Å². The zero-order chi connectivity index (χ0) is 13.1. The van der Waals surface area contributed by atoms with Gasteiger partial charge in [0, 0.05) is 0 Å². The lowest BCUT2D eigenvalue weighted by Gasteiger charge is -2.34. The van der Waals surface area contributed by atoms with Gasteiger partial charge in [0.2, 0.25) is 0 Å². The molecule has 0 aliphatic heterocycles. The summed E-state index contributed by atoms with van der Waals surface area (Å²) in [6.07, 6.45) is 0.722. The lowest BCUT2D eigenvalue weighted by molar-refractivity contribution is -0.155. The van der Waals surface area contributed by atoms with Gasteiger partial charge < -0.3 is 10.2 Å². The van der Waals surface area contributed by atoms with Gasteiger partial charge in [0.1, 0.15) is 5.60 Å². The number of benzene rings is 1. The van der Waals surface area contributed by atoms with E-state index in [9.17, 15) is 15.0 Å². The van der Waals surface area contributed by atoms with Gasteiger partial charge in [0.05, 0.1) is 5.92 Å². The fourth-order valence-corrected chi connectivity index (χ4v) is 2.23. The zero-order valence-electron chi connectivity index (χ0n) is 10.6. The SMILES string of the molecule is CCC(C)C(C(=O)O)C(C)(O)c1ccccc1. The minimum absolute atomic E-state index is 0.0808. The van der Waals surface area contributed by atoms with Crippen LogP contribution in [0.4, 0.5) is 0 Å². The van der Waals surface area contributed by atoms with Crippen molar-refractivity contribution in [2.24, 2.45) is 11.8 Å². The summed E-state index contributed by atoms with van der Waals surface area (Å²) in [6, 6.07) is 8.98. The number of hydrogen-bond acceptors (Lipinski definition) is 2. The summed E-state index contributed by atoms with van der Waals surface area (Å²) < 4.78 is 0. The summed E-state index contributed by atoms with van der Waals surface area (Å²) >= 11 is 0.